The maximum absolute atomic E-state index is 14.7. The highest BCUT2D eigenvalue weighted by molar-refractivity contribution is 5.90. The van der Waals surface area contributed by atoms with E-state index < -0.39 is 60.1 Å². The van der Waals surface area contributed by atoms with Gasteiger partial charge in [-0.15, -0.1) is 0 Å². The molecule has 1 aliphatic heterocycles. The zero-order chi connectivity index (χ0) is 49.6. The maximum atomic E-state index is 14.7. The Hall–Kier alpha value is -4.57. The molecule has 3 rings (SSSR count). The molecule has 15 heteroatoms. The van der Waals surface area contributed by atoms with Gasteiger partial charge in [-0.25, -0.2) is 4.79 Å². The van der Waals surface area contributed by atoms with E-state index in [4.69, 9.17) is 14.2 Å². The smallest absolute Gasteiger partial charge is 0.412 e. The minimum atomic E-state index is -0.897. The predicted octanol–water partition coefficient (Wildman–Crippen LogP) is 6.79. The van der Waals surface area contributed by atoms with Crippen LogP contribution in [0.4, 0.5) is 10.5 Å². The third kappa shape index (κ3) is 15.5. The Morgan fingerprint density at radius 2 is 1.52 bits per heavy atom. The van der Waals surface area contributed by atoms with Gasteiger partial charge in [-0.1, -0.05) is 97.4 Å². The molecule has 0 saturated carbocycles. The molecule has 0 aromatic heterocycles. The molecule has 0 aliphatic carbocycles. The lowest BCUT2D eigenvalue weighted by Gasteiger charge is -2.41. The Labute approximate surface area is 395 Å². The van der Waals surface area contributed by atoms with Crippen LogP contribution in [0.25, 0.3) is 0 Å². The fourth-order valence-corrected chi connectivity index (χ4v) is 9.22. The largest absolute Gasteiger partial charge is 0.444 e. The average molecular weight is 923 g/mol. The molecule has 15 nitrogen and oxygen atoms in total. The van der Waals surface area contributed by atoms with E-state index in [1.807, 2.05) is 102 Å². The summed E-state index contributed by atoms with van der Waals surface area (Å²) in [6.07, 6.45) is -0.668. The Morgan fingerprint density at radius 1 is 0.864 bits per heavy atom. The zero-order valence-corrected chi connectivity index (χ0v) is 42.4. The van der Waals surface area contributed by atoms with Crippen molar-refractivity contribution in [2.24, 2.45) is 23.7 Å². The number of likely N-dealkylation sites (N-methyl/N-ethyl adjacent to an activating group) is 2. The molecule has 1 fully saturated rings. The SMILES string of the molecule is CC[C@H](C)[C@@H]([C@@H](CC(=O)N1CCC[C@H]1[C@H](OC)[C@@H](C)C(=O)N[C@H](C)[C@@H](O)c1ccccc1)OC)N(C)C(=O)[C@@H](NC(=O)[C@H](C(C)C)N(C)Cc1cccc(NC(=O)OC(C)(C)C)c1)C(C)C. The third-order valence-corrected chi connectivity index (χ3v) is 12.9. The highest BCUT2D eigenvalue weighted by Crippen LogP contribution is 2.30. The Kier molecular flexibility index (Phi) is 21.6. The second-order valence-corrected chi connectivity index (χ2v) is 19.9. The van der Waals surface area contributed by atoms with Crippen molar-refractivity contribution in [2.75, 3.05) is 40.2 Å². The highest BCUT2D eigenvalue weighted by Gasteiger charge is 2.43. The number of likely N-dealkylation sites (tertiary alicyclic amines) is 1. The molecule has 1 saturated heterocycles. The van der Waals surface area contributed by atoms with Crippen molar-refractivity contribution in [2.45, 2.75) is 163 Å². The summed E-state index contributed by atoms with van der Waals surface area (Å²) in [6.45, 7) is 21.6. The second-order valence-electron chi connectivity index (χ2n) is 19.9. The predicted molar refractivity (Wildman–Crippen MR) is 258 cm³/mol. The number of amides is 5. The van der Waals surface area contributed by atoms with Crippen molar-refractivity contribution in [1.82, 2.24) is 25.3 Å². The molecule has 370 valence electrons. The lowest BCUT2D eigenvalue weighted by Crippen LogP contribution is -2.60. The summed E-state index contributed by atoms with van der Waals surface area (Å²) >= 11 is 0. The van der Waals surface area contributed by atoms with Gasteiger partial charge < -0.3 is 39.8 Å². The highest BCUT2D eigenvalue weighted by atomic mass is 16.6. The summed E-state index contributed by atoms with van der Waals surface area (Å²) in [5, 5.41) is 19.7. The van der Waals surface area contributed by atoms with Gasteiger partial charge in [0, 0.05) is 40.0 Å². The first kappa shape index (κ1) is 55.8. The zero-order valence-electron chi connectivity index (χ0n) is 42.4. The molecular weight excluding hydrogens is 841 g/mol. The number of carbonyl (C=O) groups excluding carboxylic acids is 5. The van der Waals surface area contributed by atoms with Crippen molar-refractivity contribution in [3.63, 3.8) is 0 Å². The molecule has 2 aromatic rings. The van der Waals surface area contributed by atoms with Gasteiger partial charge in [0.15, 0.2) is 0 Å². The van der Waals surface area contributed by atoms with Crippen LogP contribution in [0, 0.1) is 23.7 Å². The molecule has 0 bridgehead atoms. The number of aliphatic hydroxyl groups excluding tert-OH is 1. The van der Waals surface area contributed by atoms with Crippen molar-refractivity contribution in [1.29, 1.82) is 0 Å². The van der Waals surface area contributed by atoms with Crippen LogP contribution in [0.15, 0.2) is 54.6 Å². The van der Waals surface area contributed by atoms with Crippen molar-refractivity contribution in [3.8, 4) is 0 Å². The standard InChI is InChI=1S/C51H82N6O9/c1-16-33(6)44(40(64-14)29-41(58)57-27-21-26-39(57)46(65-15)34(7)47(60)52-35(8)45(59)37-23-18-17-19-24-37)56(13)49(62)42(31(2)3)54-48(61)43(32(4)5)55(12)30-36-22-20-25-38(28-36)53-50(63)66-51(9,10)11/h17-20,22-25,28,31-35,39-40,42-46,59H,16,21,26-27,29-30H2,1-15H3,(H,52,60)(H,53,63)(H,54,61)/t33-,34+,35+,39-,40+,42-,43-,44-,45+,46+/m0/s1. The molecular formula is C51H82N6O9. The van der Waals surface area contributed by atoms with Gasteiger partial charge in [0.25, 0.3) is 0 Å². The number of rotatable bonds is 23. The van der Waals surface area contributed by atoms with E-state index in [0.717, 1.165) is 12.0 Å². The second kappa shape index (κ2) is 25.5. The van der Waals surface area contributed by atoms with E-state index in [9.17, 15) is 29.1 Å². The Balaban J connectivity index is 1.76. The minimum Gasteiger partial charge on any atom is -0.444 e. The Bertz CT molecular complexity index is 1870. The number of benzene rings is 2. The van der Waals surface area contributed by atoms with Crippen LogP contribution in [0.1, 0.15) is 119 Å². The number of carbonyl (C=O) groups is 5. The van der Waals surface area contributed by atoms with Gasteiger partial charge in [-0.3, -0.25) is 29.4 Å². The quantitative estimate of drug-likeness (QED) is 0.0928. The minimum absolute atomic E-state index is 0.00957. The molecule has 4 N–H and O–H groups in total. The van der Waals surface area contributed by atoms with E-state index in [0.29, 0.717) is 37.2 Å². The lowest BCUT2D eigenvalue weighted by molar-refractivity contribution is -0.148. The van der Waals surface area contributed by atoms with Gasteiger partial charge in [0.2, 0.25) is 23.6 Å². The van der Waals surface area contributed by atoms with E-state index in [-0.39, 0.29) is 53.8 Å². The first-order valence-electron chi connectivity index (χ1n) is 23.7. The maximum Gasteiger partial charge on any atom is 0.412 e. The number of hydrogen-bond donors (Lipinski definition) is 4. The fourth-order valence-electron chi connectivity index (χ4n) is 9.22. The first-order chi connectivity index (χ1) is 30.9. The first-order valence-corrected chi connectivity index (χ1v) is 23.7. The molecule has 2 aromatic carbocycles. The normalized spacial score (nSPS) is 18.4. The van der Waals surface area contributed by atoms with E-state index in [1.165, 1.54) is 0 Å². The number of methoxy groups -OCH3 is 2. The molecule has 0 unspecified atom stereocenters. The summed E-state index contributed by atoms with van der Waals surface area (Å²) in [4.78, 5) is 74.7. The van der Waals surface area contributed by atoms with Crippen LogP contribution in [0.3, 0.4) is 0 Å². The van der Waals surface area contributed by atoms with Crippen LogP contribution in [0.2, 0.25) is 0 Å². The molecule has 5 amide bonds. The van der Waals surface area contributed by atoms with Gasteiger partial charge in [-0.2, -0.15) is 0 Å². The van der Waals surface area contributed by atoms with Crippen LogP contribution >= 0.6 is 0 Å². The molecule has 0 radical (unpaired) electrons. The summed E-state index contributed by atoms with van der Waals surface area (Å²) < 4.78 is 17.5. The van der Waals surface area contributed by atoms with Gasteiger partial charge in [0.05, 0.1) is 54.8 Å². The number of hydrogen-bond acceptors (Lipinski definition) is 10. The number of nitrogens with zero attached hydrogens (tertiary/aromatic N) is 3. The molecule has 10 atom stereocenters. The van der Waals surface area contributed by atoms with Crippen LogP contribution in [0.5, 0.6) is 0 Å². The van der Waals surface area contributed by atoms with Crippen molar-refractivity contribution >= 4 is 35.4 Å². The summed E-state index contributed by atoms with van der Waals surface area (Å²) in [5.74, 6) is -2.11. The van der Waals surface area contributed by atoms with Gasteiger partial charge in [0.1, 0.15) is 11.6 Å². The lowest BCUT2D eigenvalue weighted by atomic mass is 9.89. The summed E-state index contributed by atoms with van der Waals surface area (Å²) in [6, 6.07) is 13.6. The molecule has 0 spiro atoms. The van der Waals surface area contributed by atoms with E-state index >= 15 is 0 Å². The van der Waals surface area contributed by atoms with Crippen molar-refractivity contribution < 1.29 is 43.3 Å². The van der Waals surface area contributed by atoms with Crippen molar-refractivity contribution in [3.05, 3.63) is 65.7 Å². The molecule has 66 heavy (non-hydrogen) atoms. The fraction of sp³-hybridized carbons (Fsp3) is 0.667. The number of nitrogens with one attached hydrogen (secondary N) is 3. The summed E-state index contributed by atoms with van der Waals surface area (Å²) in [5.41, 5.74) is 1.50. The Morgan fingerprint density at radius 3 is 2.08 bits per heavy atom. The van der Waals surface area contributed by atoms with Crippen LogP contribution in [-0.4, -0.2) is 132 Å². The van der Waals surface area contributed by atoms with E-state index in [1.54, 1.807) is 71.8 Å². The van der Waals surface area contributed by atoms with E-state index in [2.05, 4.69) is 16.0 Å². The summed E-state index contributed by atoms with van der Waals surface area (Å²) in [7, 11) is 6.69. The number of anilines is 1. The van der Waals surface area contributed by atoms with Gasteiger partial charge in [-0.05, 0) is 88.6 Å². The topological polar surface area (TPSA) is 179 Å². The van der Waals surface area contributed by atoms with Crippen LogP contribution in [-0.2, 0) is 39.9 Å². The molecule has 1 aliphatic rings. The van der Waals surface area contributed by atoms with Crippen LogP contribution < -0.4 is 16.0 Å². The average Bonchev–Trinajstić information content (AvgIpc) is 3.74. The number of aliphatic hydroxyl groups is 1. The number of ether oxygens (including phenoxy) is 3. The molecule has 1 heterocycles. The monoisotopic (exact) mass is 923 g/mol. The van der Waals surface area contributed by atoms with Gasteiger partial charge >= 0.3 is 6.09 Å². The third-order valence-electron chi connectivity index (χ3n) is 12.9.